The zero-order valence-corrected chi connectivity index (χ0v) is 27.8. The molecule has 1 spiro atoms. The van der Waals surface area contributed by atoms with Crippen LogP contribution in [0.4, 0.5) is 4.79 Å². The number of ketones is 1. The van der Waals surface area contributed by atoms with E-state index in [-0.39, 0.29) is 59.6 Å². The summed E-state index contributed by atoms with van der Waals surface area (Å²) < 4.78 is 23.8. The number of urea groups is 1. The Bertz CT molecular complexity index is 1490. The summed E-state index contributed by atoms with van der Waals surface area (Å²) in [5, 5.41) is 3.58. The molecular weight excluding hydrogens is 612 g/mol. The van der Waals surface area contributed by atoms with Gasteiger partial charge in [0.05, 0.1) is 17.5 Å². The Morgan fingerprint density at radius 1 is 0.978 bits per heavy atom. The normalized spacial score (nSPS) is 24.8. The van der Waals surface area contributed by atoms with Gasteiger partial charge in [-0.25, -0.2) is 13.2 Å². The van der Waals surface area contributed by atoms with Crippen LogP contribution < -0.4 is 5.32 Å². The van der Waals surface area contributed by atoms with Crippen LogP contribution in [0.15, 0.2) is 59.5 Å². The second-order valence-electron chi connectivity index (χ2n) is 13.1. The first-order valence-corrected chi connectivity index (χ1v) is 18.0. The third kappa shape index (κ3) is 6.31. The minimum atomic E-state index is -3.34. The lowest BCUT2D eigenvalue weighted by molar-refractivity contribution is -0.138. The van der Waals surface area contributed by atoms with E-state index in [4.69, 9.17) is 0 Å². The molecule has 11 heteroatoms. The average molecular weight is 657 g/mol. The third-order valence-corrected chi connectivity index (χ3v) is 11.7. The standard InChI is InChI=1S/C34H44N4O5S.ClH/c1-3-38-33(41)37(23-24-13-15-27(16-14-24)44(2,42)43)32(40)34(38)17-19-36(20-18-34)30(31(39)26-11-7-8-12-26)29-22-35-21-28(29)25-9-5-4-6-10-25;/h4-6,9-10,13-16,26,28-30,35H,3,7-8,11-12,17-23H2,1-2H3;1H. The van der Waals surface area contributed by atoms with Crippen molar-refractivity contribution in [1.82, 2.24) is 20.0 Å². The zero-order chi connectivity index (χ0) is 31.1. The number of nitrogens with zero attached hydrogens (tertiary/aromatic N) is 3. The number of hydrogen-bond donors (Lipinski definition) is 1. The lowest BCUT2D eigenvalue weighted by Crippen LogP contribution is -2.60. The van der Waals surface area contributed by atoms with Crippen molar-refractivity contribution in [2.75, 3.05) is 39.0 Å². The van der Waals surface area contributed by atoms with Crippen LogP contribution in [0, 0.1) is 11.8 Å². The van der Waals surface area contributed by atoms with E-state index >= 15 is 0 Å². The molecule has 4 fully saturated rings. The van der Waals surface area contributed by atoms with E-state index in [9.17, 15) is 22.8 Å². The number of piperidine rings is 1. The number of likely N-dealkylation sites (tertiary alicyclic amines) is 1. The van der Waals surface area contributed by atoms with Crippen LogP contribution >= 0.6 is 12.4 Å². The second-order valence-corrected chi connectivity index (χ2v) is 15.1. The highest BCUT2D eigenvalue weighted by molar-refractivity contribution is 7.90. The molecule has 3 amide bonds. The Balaban J connectivity index is 0.00000400. The van der Waals surface area contributed by atoms with Gasteiger partial charge in [-0.2, -0.15) is 0 Å². The van der Waals surface area contributed by atoms with Gasteiger partial charge in [0, 0.05) is 56.7 Å². The number of rotatable bonds is 9. The van der Waals surface area contributed by atoms with Crippen LogP contribution in [0.3, 0.4) is 0 Å². The number of imide groups is 1. The number of carbonyl (C=O) groups is 3. The van der Waals surface area contributed by atoms with E-state index in [0.717, 1.165) is 45.0 Å². The molecule has 1 N–H and O–H groups in total. The maximum Gasteiger partial charge on any atom is 0.327 e. The van der Waals surface area contributed by atoms with Gasteiger partial charge < -0.3 is 10.2 Å². The second kappa shape index (κ2) is 13.5. The molecule has 45 heavy (non-hydrogen) atoms. The van der Waals surface area contributed by atoms with E-state index in [1.54, 1.807) is 17.0 Å². The van der Waals surface area contributed by atoms with Crippen molar-refractivity contribution in [2.45, 2.75) is 74.4 Å². The molecule has 0 bridgehead atoms. The predicted molar refractivity (Wildman–Crippen MR) is 175 cm³/mol. The minimum absolute atomic E-state index is 0. The molecule has 244 valence electrons. The van der Waals surface area contributed by atoms with Crippen molar-refractivity contribution >= 4 is 40.0 Å². The zero-order valence-electron chi connectivity index (χ0n) is 26.2. The highest BCUT2D eigenvalue weighted by Crippen LogP contribution is 2.42. The maximum absolute atomic E-state index is 14.3. The number of carbonyl (C=O) groups excluding carboxylic acids is 3. The molecule has 2 aromatic rings. The summed E-state index contributed by atoms with van der Waals surface area (Å²) in [6.07, 6.45) is 6.25. The van der Waals surface area contributed by atoms with Crippen molar-refractivity contribution in [3.8, 4) is 0 Å². The number of amides is 3. The molecule has 3 unspecified atom stereocenters. The van der Waals surface area contributed by atoms with E-state index in [0.29, 0.717) is 43.8 Å². The number of benzene rings is 2. The Kier molecular flexibility index (Phi) is 10.1. The van der Waals surface area contributed by atoms with E-state index < -0.39 is 15.4 Å². The highest BCUT2D eigenvalue weighted by Gasteiger charge is 2.58. The Labute approximate surface area is 273 Å². The Morgan fingerprint density at radius 3 is 2.22 bits per heavy atom. The summed E-state index contributed by atoms with van der Waals surface area (Å²) in [5.41, 5.74) is 1.03. The number of hydrogen-bond acceptors (Lipinski definition) is 7. The molecule has 3 aliphatic heterocycles. The first-order chi connectivity index (χ1) is 21.1. The molecule has 1 saturated carbocycles. The number of sulfone groups is 1. The fraction of sp³-hybridized carbons (Fsp3) is 0.559. The molecule has 6 rings (SSSR count). The summed E-state index contributed by atoms with van der Waals surface area (Å²) in [6.45, 7) is 5.21. The predicted octanol–water partition coefficient (Wildman–Crippen LogP) is 4.26. The number of likely N-dealkylation sites (N-methyl/N-ethyl adjacent to an activating group) is 1. The summed E-state index contributed by atoms with van der Waals surface area (Å²) in [6, 6.07) is 16.3. The smallest absolute Gasteiger partial charge is 0.316 e. The van der Waals surface area contributed by atoms with Crippen LogP contribution in [0.1, 0.15) is 62.5 Å². The number of Topliss-reactive ketones (excluding diaryl/α,β-unsaturated/α-hetero) is 1. The van der Waals surface area contributed by atoms with Gasteiger partial charge in [0.2, 0.25) is 0 Å². The van der Waals surface area contributed by atoms with Gasteiger partial charge in [0.1, 0.15) is 5.54 Å². The minimum Gasteiger partial charge on any atom is -0.316 e. The Morgan fingerprint density at radius 2 is 1.62 bits per heavy atom. The molecule has 9 nitrogen and oxygen atoms in total. The van der Waals surface area contributed by atoms with Gasteiger partial charge in [0.15, 0.2) is 15.6 Å². The molecular formula is C34H45ClN4O5S. The lowest BCUT2D eigenvalue weighted by atomic mass is 9.77. The van der Waals surface area contributed by atoms with Gasteiger partial charge in [-0.3, -0.25) is 19.4 Å². The molecule has 3 heterocycles. The highest BCUT2D eigenvalue weighted by atomic mass is 35.5. The van der Waals surface area contributed by atoms with Gasteiger partial charge >= 0.3 is 6.03 Å². The fourth-order valence-corrected chi connectivity index (χ4v) is 8.88. The molecule has 0 radical (unpaired) electrons. The quantitative estimate of drug-likeness (QED) is 0.402. The van der Waals surface area contributed by atoms with Crippen molar-refractivity contribution in [3.05, 3.63) is 65.7 Å². The third-order valence-electron chi connectivity index (χ3n) is 10.6. The molecule has 3 atom stereocenters. The van der Waals surface area contributed by atoms with Gasteiger partial charge in [-0.1, -0.05) is 55.3 Å². The van der Waals surface area contributed by atoms with Gasteiger partial charge in [-0.15, -0.1) is 12.4 Å². The number of halogens is 1. The molecule has 2 aromatic carbocycles. The van der Waals surface area contributed by atoms with Crippen molar-refractivity contribution in [1.29, 1.82) is 0 Å². The summed E-state index contributed by atoms with van der Waals surface area (Å²) >= 11 is 0. The number of nitrogens with one attached hydrogen (secondary N) is 1. The molecule has 4 aliphatic rings. The van der Waals surface area contributed by atoms with Crippen LogP contribution in [-0.2, 0) is 26.0 Å². The molecule has 1 aliphatic carbocycles. The SMILES string of the molecule is CCN1C(=O)N(Cc2ccc(S(C)(=O)=O)cc2)C(=O)C12CCN(C(C(=O)C1CCCC1)C1CNCC1c1ccccc1)CC2.Cl. The average Bonchev–Trinajstić information content (AvgIpc) is 3.77. The van der Waals surface area contributed by atoms with Gasteiger partial charge in [0.25, 0.3) is 5.91 Å². The summed E-state index contributed by atoms with van der Waals surface area (Å²) in [5.74, 6) is 0.648. The molecule has 0 aromatic heterocycles. The van der Waals surface area contributed by atoms with Crippen molar-refractivity contribution in [2.24, 2.45) is 11.8 Å². The lowest BCUT2D eigenvalue weighted by Gasteiger charge is -2.46. The topological polar surface area (TPSA) is 107 Å². The maximum atomic E-state index is 14.3. The monoisotopic (exact) mass is 656 g/mol. The van der Waals surface area contributed by atoms with Crippen molar-refractivity contribution in [3.63, 3.8) is 0 Å². The van der Waals surface area contributed by atoms with Crippen LogP contribution in [-0.4, -0.2) is 91.4 Å². The summed E-state index contributed by atoms with van der Waals surface area (Å²) in [4.78, 5) is 47.5. The summed E-state index contributed by atoms with van der Waals surface area (Å²) in [7, 11) is -3.34. The van der Waals surface area contributed by atoms with E-state index in [2.05, 4.69) is 34.5 Å². The first kappa shape index (κ1) is 33.6. The fourth-order valence-electron chi connectivity index (χ4n) is 8.25. The van der Waals surface area contributed by atoms with Crippen molar-refractivity contribution < 1.29 is 22.8 Å². The van der Waals surface area contributed by atoms with E-state index in [1.807, 2.05) is 13.0 Å². The van der Waals surface area contributed by atoms with Crippen LogP contribution in [0.5, 0.6) is 0 Å². The molecule has 3 saturated heterocycles. The van der Waals surface area contributed by atoms with E-state index in [1.165, 1.54) is 22.6 Å². The van der Waals surface area contributed by atoms with Gasteiger partial charge in [-0.05, 0) is 55.9 Å². The Hall–Kier alpha value is -2.79. The largest absolute Gasteiger partial charge is 0.327 e. The first-order valence-electron chi connectivity index (χ1n) is 16.1. The van der Waals surface area contributed by atoms with Crippen LogP contribution in [0.2, 0.25) is 0 Å². The van der Waals surface area contributed by atoms with Crippen LogP contribution in [0.25, 0.3) is 0 Å².